The fourth-order valence-corrected chi connectivity index (χ4v) is 1.72. The van der Waals surface area contributed by atoms with Gasteiger partial charge in [0.05, 0.1) is 17.3 Å². The van der Waals surface area contributed by atoms with Crippen molar-refractivity contribution >= 4 is 34.8 Å². The average molecular weight is 312 g/mol. The Balaban J connectivity index is 2.67. The van der Waals surface area contributed by atoms with E-state index < -0.39 is 0 Å². The Labute approximate surface area is 130 Å². The van der Waals surface area contributed by atoms with Crippen molar-refractivity contribution in [2.24, 2.45) is 0 Å². The minimum absolute atomic E-state index is 0.0898. The number of halogens is 1. The number of rotatable bonds is 7. The van der Waals surface area contributed by atoms with Gasteiger partial charge in [0.1, 0.15) is 0 Å². The molecule has 0 fully saturated rings. The zero-order valence-electron chi connectivity index (χ0n) is 12.6. The lowest BCUT2D eigenvalue weighted by Gasteiger charge is -2.13. The molecule has 1 atom stereocenters. The van der Waals surface area contributed by atoms with Gasteiger partial charge in [0.15, 0.2) is 0 Å². The molecular weight excluding hydrogens is 290 g/mol. The van der Waals surface area contributed by atoms with Crippen LogP contribution in [-0.2, 0) is 9.59 Å². The van der Waals surface area contributed by atoms with Gasteiger partial charge in [-0.15, -0.1) is 0 Å². The average Bonchev–Trinajstić information content (AvgIpc) is 2.47. The second kappa shape index (κ2) is 8.64. The minimum Gasteiger partial charge on any atom is -0.326 e. The molecule has 0 radical (unpaired) electrons. The predicted octanol–water partition coefficient (Wildman–Crippen LogP) is 3.02. The summed E-state index contributed by atoms with van der Waals surface area (Å²) in [5.41, 5.74) is 1.10. The molecule has 3 N–H and O–H groups in total. The van der Waals surface area contributed by atoms with Crippen LogP contribution in [0.25, 0.3) is 0 Å². The summed E-state index contributed by atoms with van der Waals surface area (Å²) in [6, 6.07) is 5.27. The summed E-state index contributed by atoms with van der Waals surface area (Å²) >= 11 is 6.05. The molecule has 1 unspecified atom stereocenters. The Morgan fingerprint density at radius 1 is 1.19 bits per heavy atom. The quantitative estimate of drug-likeness (QED) is 0.725. The summed E-state index contributed by atoms with van der Waals surface area (Å²) in [6.07, 6.45) is 1.34. The van der Waals surface area contributed by atoms with Gasteiger partial charge in [-0.1, -0.05) is 25.4 Å². The smallest absolute Gasteiger partial charge is 0.238 e. The number of amides is 2. The molecule has 0 spiro atoms. The van der Waals surface area contributed by atoms with Crippen LogP contribution in [-0.4, -0.2) is 24.4 Å². The van der Waals surface area contributed by atoms with E-state index in [0.717, 1.165) is 6.42 Å². The molecule has 0 aromatic heterocycles. The standard InChI is InChI=1S/C15H22ClN3O2/c1-4-10(3)17-9-15(21)19-13-8-11(6-7-12(13)16)18-14(20)5-2/h6-8,10,17H,4-5,9H2,1-3H3,(H,18,20)(H,19,21). The number of benzene rings is 1. The van der Waals surface area contributed by atoms with E-state index in [4.69, 9.17) is 11.6 Å². The molecule has 0 aliphatic heterocycles. The largest absolute Gasteiger partial charge is 0.326 e. The summed E-state index contributed by atoms with van der Waals surface area (Å²) in [6.45, 7) is 6.05. The van der Waals surface area contributed by atoms with Crippen LogP contribution in [0.1, 0.15) is 33.6 Å². The molecule has 5 nitrogen and oxygen atoms in total. The van der Waals surface area contributed by atoms with Crippen LogP contribution in [0.2, 0.25) is 5.02 Å². The Morgan fingerprint density at radius 2 is 1.90 bits per heavy atom. The molecule has 2 amide bonds. The first kappa shape index (κ1) is 17.5. The van der Waals surface area contributed by atoms with E-state index in [0.29, 0.717) is 22.8 Å². The van der Waals surface area contributed by atoms with Gasteiger partial charge < -0.3 is 16.0 Å². The van der Waals surface area contributed by atoms with Gasteiger partial charge in [0.2, 0.25) is 11.8 Å². The van der Waals surface area contributed by atoms with Crippen molar-refractivity contribution in [3.05, 3.63) is 23.2 Å². The molecule has 1 rings (SSSR count). The van der Waals surface area contributed by atoms with Gasteiger partial charge in [0, 0.05) is 18.2 Å². The second-order valence-electron chi connectivity index (χ2n) is 4.83. The molecule has 0 saturated carbocycles. The van der Waals surface area contributed by atoms with E-state index in [1.165, 1.54) is 0 Å². The maximum Gasteiger partial charge on any atom is 0.238 e. The van der Waals surface area contributed by atoms with Crippen LogP contribution < -0.4 is 16.0 Å². The van der Waals surface area contributed by atoms with Crippen LogP contribution in [0, 0.1) is 0 Å². The molecule has 6 heteroatoms. The van der Waals surface area contributed by atoms with Gasteiger partial charge in [-0.2, -0.15) is 0 Å². The maximum absolute atomic E-state index is 11.9. The normalized spacial score (nSPS) is 11.8. The van der Waals surface area contributed by atoms with Crippen LogP contribution in [0.3, 0.4) is 0 Å². The topological polar surface area (TPSA) is 70.2 Å². The van der Waals surface area contributed by atoms with E-state index in [2.05, 4.69) is 16.0 Å². The summed E-state index contributed by atoms with van der Waals surface area (Å²) in [5, 5.41) is 9.00. The van der Waals surface area contributed by atoms with E-state index in [-0.39, 0.29) is 24.4 Å². The first-order valence-electron chi connectivity index (χ1n) is 7.08. The predicted molar refractivity (Wildman–Crippen MR) is 86.8 cm³/mol. The Hall–Kier alpha value is -1.59. The highest BCUT2D eigenvalue weighted by molar-refractivity contribution is 6.33. The summed E-state index contributed by atoms with van der Waals surface area (Å²) in [4.78, 5) is 23.2. The van der Waals surface area contributed by atoms with Crippen LogP contribution in [0.5, 0.6) is 0 Å². The third kappa shape index (κ3) is 6.14. The van der Waals surface area contributed by atoms with Gasteiger partial charge in [-0.3, -0.25) is 9.59 Å². The molecule has 0 bridgehead atoms. The fourth-order valence-electron chi connectivity index (χ4n) is 1.55. The molecular formula is C15H22ClN3O2. The van der Waals surface area contributed by atoms with Gasteiger partial charge in [0.25, 0.3) is 0 Å². The van der Waals surface area contributed by atoms with Crippen molar-refractivity contribution < 1.29 is 9.59 Å². The van der Waals surface area contributed by atoms with Crippen LogP contribution >= 0.6 is 11.6 Å². The molecule has 1 aromatic rings. The molecule has 0 heterocycles. The van der Waals surface area contributed by atoms with Crippen LogP contribution in [0.4, 0.5) is 11.4 Å². The number of carbonyl (C=O) groups is 2. The molecule has 0 aliphatic carbocycles. The van der Waals surface area contributed by atoms with Crippen molar-refractivity contribution in [2.45, 2.75) is 39.7 Å². The van der Waals surface area contributed by atoms with E-state index in [9.17, 15) is 9.59 Å². The number of hydrogen-bond acceptors (Lipinski definition) is 3. The SMILES string of the molecule is CCC(=O)Nc1ccc(Cl)c(NC(=O)CNC(C)CC)c1. The third-order valence-corrected chi connectivity index (χ3v) is 3.40. The maximum atomic E-state index is 11.9. The third-order valence-electron chi connectivity index (χ3n) is 3.07. The molecule has 1 aromatic carbocycles. The Morgan fingerprint density at radius 3 is 2.52 bits per heavy atom. The Bertz CT molecular complexity index is 506. The van der Waals surface area contributed by atoms with Crippen LogP contribution in [0.15, 0.2) is 18.2 Å². The summed E-state index contributed by atoms with van der Waals surface area (Å²) in [7, 11) is 0. The zero-order chi connectivity index (χ0) is 15.8. The lowest BCUT2D eigenvalue weighted by molar-refractivity contribution is -0.116. The van der Waals surface area contributed by atoms with Crippen molar-refractivity contribution in [1.29, 1.82) is 0 Å². The fraction of sp³-hybridized carbons (Fsp3) is 0.467. The van der Waals surface area contributed by atoms with Crippen molar-refractivity contribution in [3.8, 4) is 0 Å². The number of hydrogen-bond donors (Lipinski definition) is 3. The highest BCUT2D eigenvalue weighted by Gasteiger charge is 2.09. The lowest BCUT2D eigenvalue weighted by atomic mass is 10.2. The molecule has 0 saturated heterocycles. The highest BCUT2D eigenvalue weighted by atomic mass is 35.5. The number of carbonyl (C=O) groups excluding carboxylic acids is 2. The monoisotopic (exact) mass is 311 g/mol. The highest BCUT2D eigenvalue weighted by Crippen LogP contribution is 2.25. The van der Waals surface area contributed by atoms with Gasteiger partial charge in [-0.25, -0.2) is 0 Å². The first-order chi connectivity index (χ1) is 9.96. The van der Waals surface area contributed by atoms with E-state index >= 15 is 0 Å². The van der Waals surface area contributed by atoms with Crippen molar-refractivity contribution in [2.75, 3.05) is 17.2 Å². The van der Waals surface area contributed by atoms with E-state index in [1.54, 1.807) is 25.1 Å². The first-order valence-corrected chi connectivity index (χ1v) is 7.46. The zero-order valence-corrected chi connectivity index (χ0v) is 13.4. The number of nitrogens with one attached hydrogen (secondary N) is 3. The van der Waals surface area contributed by atoms with Crippen molar-refractivity contribution in [1.82, 2.24) is 5.32 Å². The van der Waals surface area contributed by atoms with Gasteiger partial charge in [-0.05, 0) is 31.5 Å². The summed E-state index contributed by atoms with van der Waals surface area (Å²) in [5.74, 6) is -0.260. The summed E-state index contributed by atoms with van der Waals surface area (Å²) < 4.78 is 0. The lowest BCUT2D eigenvalue weighted by Crippen LogP contribution is -2.34. The molecule has 0 aliphatic rings. The van der Waals surface area contributed by atoms with Crippen molar-refractivity contribution in [3.63, 3.8) is 0 Å². The molecule has 116 valence electrons. The van der Waals surface area contributed by atoms with Gasteiger partial charge >= 0.3 is 0 Å². The molecule has 21 heavy (non-hydrogen) atoms. The second-order valence-corrected chi connectivity index (χ2v) is 5.24. The van der Waals surface area contributed by atoms with E-state index in [1.807, 2.05) is 13.8 Å². The minimum atomic E-state index is -0.170. The number of anilines is 2. The Kier molecular flexibility index (Phi) is 7.19.